The fourth-order valence-electron chi connectivity index (χ4n) is 3.79. The van der Waals surface area contributed by atoms with Crippen LogP contribution < -0.4 is 10.2 Å². The van der Waals surface area contributed by atoms with E-state index in [-0.39, 0.29) is 0 Å². The molecule has 0 spiro atoms. The summed E-state index contributed by atoms with van der Waals surface area (Å²) in [5, 5.41) is 3.59. The average molecular weight is 367 g/mol. The maximum Gasteiger partial charge on any atom is 0.150 e. The predicted molar refractivity (Wildman–Crippen MR) is 101 cm³/mol. The molecule has 7 heteroatoms. The van der Waals surface area contributed by atoms with Crippen molar-refractivity contribution in [3.05, 3.63) is 17.6 Å². The van der Waals surface area contributed by atoms with Gasteiger partial charge in [-0.15, -0.1) is 0 Å². The second-order valence-electron chi connectivity index (χ2n) is 7.47. The molecule has 1 N–H and O–H groups in total. The number of piperidine rings is 1. The molecule has 2 fully saturated rings. The fraction of sp³-hybridized carbons (Fsp3) is 0.778. The molecule has 1 aromatic rings. The lowest BCUT2D eigenvalue weighted by Gasteiger charge is -2.34. The van der Waals surface area contributed by atoms with Gasteiger partial charge in [0.1, 0.15) is 11.6 Å². The van der Waals surface area contributed by atoms with Crippen LogP contribution in [0.2, 0.25) is 0 Å². The monoisotopic (exact) mass is 366 g/mol. The minimum Gasteiger partial charge on any atom is -0.356 e. The summed E-state index contributed by atoms with van der Waals surface area (Å²) >= 11 is 0. The topological polar surface area (TPSA) is 75.2 Å². The van der Waals surface area contributed by atoms with E-state index in [1.807, 2.05) is 6.92 Å². The minimum atomic E-state index is -2.77. The number of aryl methyl sites for hydroxylation is 2. The van der Waals surface area contributed by atoms with Crippen molar-refractivity contribution >= 4 is 15.7 Å². The summed E-state index contributed by atoms with van der Waals surface area (Å²) in [4.78, 5) is 11.6. The zero-order chi connectivity index (χ0) is 17.9. The highest BCUT2D eigenvalue weighted by Crippen LogP contribution is 2.21. The minimum absolute atomic E-state index is 0.296. The van der Waals surface area contributed by atoms with E-state index >= 15 is 0 Å². The lowest BCUT2D eigenvalue weighted by atomic mass is 10.0. The first-order chi connectivity index (χ1) is 11.9. The molecule has 0 bridgehead atoms. The summed E-state index contributed by atoms with van der Waals surface area (Å²) in [6.45, 7) is 6.99. The first-order valence-electron chi connectivity index (χ1n) is 9.48. The molecule has 140 valence electrons. The molecule has 1 aromatic heterocycles. The molecule has 0 aromatic carbocycles. The molecule has 0 amide bonds. The number of nitrogens with zero attached hydrogens (tertiary/aromatic N) is 3. The zero-order valence-electron chi connectivity index (χ0n) is 15.4. The molecule has 0 aliphatic carbocycles. The smallest absolute Gasteiger partial charge is 0.150 e. The quantitative estimate of drug-likeness (QED) is 0.826. The van der Waals surface area contributed by atoms with Gasteiger partial charge in [-0.3, -0.25) is 0 Å². The van der Waals surface area contributed by atoms with Gasteiger partial charge < -0.3 is 10.2 Å². The summed E-state index contributed by atoms with van der Waals surface area (Å²) in [6, 6.07) is 2.56. The Morgan fingerprint density at radius 2 is 2.00 bits per heavy atom. The molecule has 0 saturated carbocycles. The summed E-state index contributed by atoms with van der Waals surface area (Å²) in [6.07, 6.45) is 4.95. The Balaban J connectivity index is 1.49. The number of aromatic nitrogens is 2. The van der Waals surface area contributed by atoms with Crippen LogP contribution in [0, 0.1) is 12.8 Å². The Morgan fingerprint density at radius 1 is 1.24 bits per heavy atom. The molecule has 25 heavy (non-hydrogen) atoms. The van der Waals surface area contributed by atoms with Gasteiger partial charge in [0.05, 0.1) is 11.5 Å². The van der Waals surface area contributed by atoms with E-state index in [9.17, 15) is 8.42 Å². The molecular formula is C18H30N4O2S. The van der Waals surface area contributed by atoms with Crippen LogP contribution in [0.1, 0.15) is 44.1 Å². The van der Waals surface area contributed by atoms with Gasteiger partial charge in [0.2, 0.25) is 0 Å². The van der Waals surface area contributed by atoms with Gasteiger partial charge in [-0.2, -0.15) is 0 Å². The van der Waals surface area contributed by atoms with Crippen molar-refractivity contribution in [2.24, 2.45) is 5.92 Å². The van der Waals surface area contributed by atoms with Crippen LogP contribution >= 0.6 is 0 Å². The van der Waals surface area contributed by atoms with E-state index in [1.165, 1.54) is 0 Å². The molecule has 1 atom stereocenters. The second kappa shape index (κ2) is 7.99. The number of sulfone groups is 1. The summed E-state index contributed by atoms with van der Waals surface area (Å²) in [7, 11) is -2.77. The molecule has 0 unspecified atom stereocenters. The van der Waals surface area contributed by atoms with E-state index in [0.717, 1.165) is 69.1 Å². The second-order valence-corrected chi connectivity index (χ2v) is 9.70. The van der Waals surface area contributed by atoms with Crippen LogP contribution in [-0.4, -0.2) is 55.6 Å². The highest BCUT2D eigenvalue weighted by atomic mass is 32.2. The maximum absolute atomic E-state index is 11.5. The van der Waals surface area contributed by atoms with Gasteiger partial charge in [0.15, 0.2) is 9.84 Å². The Hall–Kier alpha value is -1.21. The van der Waals surface area contributed by atoms with E-state index in [0.29, 0.717) is 23.5 Å². The van der Waals surface area contributed by atoms with Crippen LogP contribution in [0.3, 0.4) is 0 Å². The van der Waals surface area contributed by atoms with Gasteiger partial charge in [0.25, 0.3) is 0 Å². The van der Waals surface area contributed by atoms with Crippen LogP contribution in [0.4, 0.5) is 5.82 Å². The van der Waals surface area contributed by atoms with Crippen molar-refractivity contribution in [1.29, 1.82) is 0 Å². The third kappa shape index (κ3) is 5.14. The molecule has 2 saturated heterocycles. The predicted octanol–water partition coefficient (Wildman–Crippen LogP) is 1.73. The van der Waals surface area contributed by atoms with Crippen LogP contribution in [0.15, 0.2) is 6.07 Å². The highest BCUT2D eigenvalue weighted by Gasteiger charge is 2.28. The van der Waals surface area contributed by atoms with E-state index in [4.69, 9.17) is 4.98 Å². The van der Waals surface area contributed by atoms with Crippen molar-refractivity contribution < 1.29 is 8.42 Å². The number of hydrogen-bond acceptors (Lipinski definition) is 6. The molecule has 3 heterocycles. The Bertz CT molecular complexity index is 684. The lowest BCUT2D eigenvalue weighted by Crippen LogP contribution is -2.44. The molecule has 3 rings (SSSR count). The normalized spacial score (nSPS) is 23.9. The SMILES string of the molecule is CCCc1nc(C)cc(N2CCC(NC[C@@H]3CCS(=O)(=O)C3)CC2)n1. The molecule has 2 aliphatic rings. The van der Waals surface area contributed by atoms with Crippen LogP contribution in [0.5, 0.6) is 0 Å². The number of hydrogen-bond donors (Lipinski definition) is 1. The molecular weight excluding hydrogens is 336 g/mol. The lowest BCUT2D eigenvalue weighted by molar-refractivity contribution is 0.385. The van der Waals surface area contributed by atoms with Crippen LogP contribution in [-0.2, 0) is 16.3 Å². The highest BCUT2D eigenvalue weighted by molar-refractivity contribution is 7.91. The van der Waals surface area contributed by atoms with Crippen molar-refractivity contribution in [2.75, 3.05) is 36.0 Å². The number of nitrogens with one attached hydrogen (secondary N) is 1. The largest absolute Gasteiger partial charge is 0.356 e. The summed E-state index contributed by atoms with van der Waals surface area (Å²) in [5.74, 6) is 3.02. The number of anilines is 1. The van der Waals surface area contributed by atoms with Gasteiger partial charge in [-0.25, -0.2) is 18.4 Å². The summed E-state index contributed by atoms with van der Waals surface area (Å²) < 4.78 is 23.1. The Morgan fingerprint density at radius 3 is 2.64 bits per heavy atom. The van der Waals surface area contributed by atoms with Gasteiger partial charge in [-0.05, 0) is 45.1 Å². The first-order valence-corrected chi connectivity index (χ1v) is 11.3. The van der Waals surface area contributed by atoms with E-state index in [2.05, 4.69) is 28.2 Å². The Labute approximate surface area is 151 Å². The van der Waals surface area contributed by atoms with Crippen molar-refractivity contribution in [3.8, 4) is 0 Å². The zero-order valence-corrected chi connectivity index (χ0v) is 16.2. The van der Waals surface area contributed by atoms with E-state index in [1.54, 1.807) is 0 Å². The van der Waals surface area contributed by atoms with Crippen LogP contribution in [0.25, 0.3) is 0 Å². The number of rotatable bonds is 6. The molecule has 6 nitrogen and oxygen atoms in total. The fourth-order valence-corrected chi connectivity index (χ4v) is 5.65. The van der Waals surface area contributed by atoms with Crippen molar-refractivity contribution in [3.63, 3.8) is 0 Å². The van der Waals surface area contributed by atoms with Crippen molar-refractivity contribution in [1.82, 2.24) is 15.3 Å². The van der Waals surface area contributed by atoms with Gasteiger partial charge in [0, 0.05) is 37.3 Å². The third-order valence-electron chi connectivity index (χ3n) is 5.20. The summed E-state index contributed by atoms with van der Waals surface area (Å²) in [5.41, 5.74) is 1.04. The van der Waals surface area contributed by atoms with E-state index < -0.39 is 9.84 Å². The van der Waals surface area contributed by atoms with Gasteiger partial charge >= 0.3 is 0 Å². The maximum atomic E-state index is 11.5. The molecule has 2 aliphatic heterocycles. The Kier molecular flexibility index (Phi) is 5.94. The standard InChI is InChI=1S/C18H30N4O2S/c1-3-4-17-20-14(2)11-18(21-17)22-8-5-16(6-9-22)19-12-15-7-10-25(23,24)13-15/h11,15-16,19H,3-10,12-13H2,1-2H3/t15-/m0/s1. The third-order valence-corrected chi connectivity index (χ3v) is 7.04. The van der Waals surface area contributed by atoms with Gasteiger partial charge in [-0.1, -0.05) is 6.92 Å². The average Bonchev–Trinajstić information content (AvgIpc) is 2.92. The van der Waals surface area contributed by atoms with Crippen molar-refractivity contribution in [2.45, 2.75) is 52.0 Å². The first kappa shape index (κ1) is 18.6. The molecule has 0 radical (unpaired) electrons.